The van der Waals surface area contributed by atoms with Crippen LogP contribution in [0.4, 0.5) is 0 Å². The average Bonchev–Trinajstić information content (AvgIpc) is 2.99. The predicted octanol–water partition coefficient (Wildman–Crippen LogP) is 3.02. The molecule has 1 aliphatic heterocycles. The van der Waals surface area contributed by atoms with Crippen LogP contribution in [0.25, 0.3) is 0 Å². The molecular formula is C23H26N2O5. The zero-order valence-electron chi connectivity index (χ0n) is 17.1. The van der Waals surface area contributed by atoms with Gasteiger partial charge in [0.05, 0.1) is 16.7 Å². The maximum absolute atomic E-state index is 12.4. The van der Waals surface area contributed by atoms with E-state index in [1.54, 1.807) is 0 Å². The Hall–Kier alpha value is -3.22. The Morgan fingerprint density at radius 3 is 2.70 bits per heavy atom. The lowest BCUT2D eigenvalue weighted by Gasteiger charge is -2.15. The minimum Gasteiger partial charge on any atom is -0.449 e. The lowest BCUT2D eigenvalue weighted by Crippen LogP contribution is -2.36. The zero-order valence-corrected chi connectivity index (χ0v) is 17.1. The van der Waals surface area contributed by atoms with Gasteiger partial charge >= 0.3 is 5.97 Å². The van der Waals surface area contributed by atoms with Crippen molar-refractivity contribution in [3.05, 3.63) is 59.2 Å². The van der Waals surface area contributed by atoms with Crippen molar-refractivity contribution in [3.63, 3.8) is 0 Å². The first-order chi connectivity index (χ1) is 14.4. The van der Waals surface area contributed by atoms with Crippen molar-refractivity contribution in [3.8, 4) is 0 Å². The van der Waals surface area contributed by atoms with E-state index in [4.69, 9.17) is 4.74 Å². The molecule has 2 aliphatic rings. The van der Waals surface area contributed by atoms with Gasteiger partial charge in [-0.1, -0.05) is 17.7 Å². The Labute approximate surface area is 175 Å². The molecule has 7 nitrogen and oxygen atoms in total. The van der Waals surface area contributed by atoms with Crippen molar-refractivity contribution in [2.75, 3.05) is 13.1 Å². The number of fused-ring (bicyclic) bond motifs is 1. The fraction of sp³-hybridized carbons (Fsp3) is 0.391. The standard InChI is InChI=1S/C23H26N2O5/c1-3-13-25-21(27)18-10-9-17(14-19(18)22(25)28)23(29)30-15(2)20(26)24-12-11-16-7-5-4-6-8-16/h3,7,9-10,14-15H,1,4-6,8,11-13H2,2H3,(H,24,26)/t15-/m0/s1. The van der Waals surface area contributed by atoms with E-state index in [0.29, 0.717) is 6.54 Å². The number of allylic oxidation sites excluding steroid dienone is 1. The van der Waals surface area contributed by atoms with E-state index in [0.717, 1.165) is 24.2 Å². The fourth-order valence-corrected chi connectivity index (χ4v) is 3.62. The number of benzene rings is 1. The van der Waals surface area contributed by atoms with Gasteiger partial charge in [0.1, 0.15) is 0 Å². The number of hydrogen-bond acceptors (Lipinski definition) is 5. The van der Waals surface area contributed by atoms with Gasteiger partial charge < -0.3 is 10.1 Å². The van der Waals surface area contributed by atoms with Crippen LogP contribution < -0.4 is 5.32 Å². The monoisotopic (exact) mass is 410 g/mol. The van der Waals surface area contributed by atoms with E-state index in [-0.39, 0.29) is 29.1 Å². The highest BCUT2D eigenvalue weighted by atomic mass is 16.5. The third-order valence-corrected chi connectivity index (χ3v) is 5.30. The minimum atomic E-state index is -0.972. The maximum atomic E-state index is 12.4. The van der Waals surface area contributed by atoms with E-state index < -0.39 is 23.9 Å². The summed E-state index contributed by atoms with van der Waals surface area (Å²) in [7, 11) is 0. The summed E-state index contributed by atoms with van der Waals surface area (Å²) < 4.78 is 5.25. The third kappa shape index (κ3) is 4.67. The van der Waals surface area contributed by atoms with E-state index in [1.807, 2.05) is 0 Å². The van der Waals surface area contributed by atoms with Gasteiger partial charge in [0.15, 0.2) is 6.10 Å². The molecule has 3 amide bonds. The Morgan fingerprint density at radius 1 is 1.23 bits per heavy atom. The second-order valence-electron chi connectivity index (χ2n) is 7.47. The summed E-state index contributed by atoms with van der Waals surface area (Å²) in [6.07, 6.45) is 8.10. The topological polar surface area (TPSA) is 92.8 Å². The molecule has 1 heterocycles. The molecule has 1 aromatic rings. The van der Waals surface area contributed by atoms with Crippen LogP contribution in [-0.2, 0) is 9.53 Å². The zero-order chi connectivity index (χ0) is 21.7. The van der Waals surface area contributed by atoms with Crippen LogP contribution in [0, 0.1) is 0 Å². The average molecular weight is 410 g/mol. The molecule has 1 aromatic carbocycles. The first-order valence-corrected chi connectivity index (χ1v) is 10.2. The number of imide groups is 1. The molecule has 0 saturated carbocycles. The Balaban J connectivity index is 1.56. The molecule has 0 fully saturated rings. The smallest absolute Gasteiger partial charge is 0.338 e. The lowest BCUT2D eigenvalue weighted by molar-refractivity contribution is -0.129. The first-order valence-electron chi connectivity index (χ1n) is 10.2. The molecule has 1 atom stereocenters. The highest BCUT2D eigenvalue weighted by Gasteiger charge is 2.35. The van der Waals surface area contributed by atoms with E-state index in [2.05, 4.69) is 18.0 Å². The number of carbonyl (C=O) groups excluding carboxylic acids is 4. The van der Waals surface area contributed by atoms with Crippen molar-refractivity contribution in [1.82, 2.24) is 10.2 Å². The molecule has 7 heteroatoms. The van der Waals surface area contributed by atoms with Crippen LogP contribution in [0.1, 0.15) is 70.1 Å². The van der Waals surface area contributed by atoms with Gasteiger partial charge in [-0.3, -0.25) is 19.3 Å². The maximum Gasteiger partial charge on any atom is 0.338 e. The summed E-state index contributed by atoms with van der Waals surface area (Å²) in [5.74, 6) is -2.00. The number of rotatable bonds is 8. The largest absolute Gasteiger partial charge is 0.449 e. The van der Waals surface area contributed by atoms with Crippen LogP contribution >= 0.6 is 0 Å². The number of esters is 1. The molecule has 1 aliphatic carbocycles. The molecule has 0 radical (unpaired) electrons. The molecule has 3 rings (SSSR count). The van der Waals surface area contributed by atoms with Crippen LogP contribution in [-0.4, -0.2) is 47.8 Å². The molecule has 0 aromatic heterocycles. The van der Waals surface area contributed by atoms with Gasteiger partial charge in [-0.2, -0.15) is 0 Å². The summed E-state index contributed by atoms with van der Waals surface area (Å²) >= 11 is 0. The van der Waals surface area contributed by atoms with Crippen LogP contribution in [0.2, 0.25) is 0 Å². The van der Waals surface area contributed by atoms with Gasteiger partial charge in [0.2, 0.25) is 0 Å². The molecule has 0 unspecified atom stereocenters. The van der Waals surface area contributed by atoms with Gasteiger partial charge in [-0.15, -0.1) is 6.58 Å². The number of nitrogens with one attached hydrogen (secondary N) is 1. The van der Waals surface area contributed by atoms with Crippen LogP contribution in [0.5, 0.6) is 0 Å². The number of ether oxygens (including phenoxy) is 1. The summed E-state index contributed by atoms with van der Waals surface area (Å²) in [5.41, 5.74) is 1.85. The Kier molecular flexibility index (Phi) is 6.82. The Bertz CT molecular complexity index is 918. The molecule has 0 saturated heterocycles. The van der Waals surface area contributed by atoms with E-state index in [1.165, 1.54) is 49.6 Å². The predicted molar refractivity (Wildman–Crippen MR) is 111 cm³/mol. The molecule has 0 bridgehead atoms. The molecule has 158 valence electrons. The van der Waals surface area contributed by atoms with Crippen molar-refractivity contribution in [1.29, 1.82) is 0 Å². The van der Waals surface area contributed by atoms with Gasteiger partial charge in [0, 0.05) is 13.1 Å². The third-order valence-electron chi connectivity index (χ3n) is 5.30. The highest BCUT2D eigenvalue weighted by molar-refractivity contribution is 6.22. The second-order valence-corrected chi connectivity index (χ2v) is 7.47. The summed E-state index contributed by atoms with van der Waals surface area (Å²) in [5, 5.41) is 2.79. The van der Waals surface area contributed by atoms with Crippen molar-refractivity contribution < 1.29 is 23.9 Å². The number of nitrogens with zero attached hydrogens (tertiary/aromatic N) is 1. The Morgan fingerprint density at radius 2 is 2.00 bits per heavy atom. The molecule has 30 heavy (non-hydrogen) atoms. The van der Waals surface area contributed by atoms with Crippen molar-refractivity contribution >= 4 is 23.7 Å². The van der Waals surface area contributed by atoms with Gasteiger partial charge in [-0.25, -0.2) is 4.79 Å². The quantitative estimate of drug-likeness (QED) is 0.404. The normalized spacial score (nSPS) is 16.6. The lowest BCUT2D eigenvalue weighted by atomic mass is 9.97. The van der Waals surface area contributed by atoms with Gasteiger partial charge in [0.25, 0.3) is 17.7 Å². The van der Waals surface area contributed by atoms with Crippen molar-refractivity contribution in [2.45, 2.75) is 45.1 Å². The van der Waals surface area contributed by atoms with Crippen LogP contribution in [0.15, 0.2) is 42.5 Å². The summed E-state index contributed by atoms with van der Waals surface area (Å²) in [6.45, 7) is 5.64. The number of carbonyl (C=O) groups is 4. The van der Waals surface area contributed by atoms with E-state index in [9.17, 15) is 19.2 Å². The summed E-state index contributed by atoms with van der Waals surface area (Å²) in [4.78, 5) is 50.4. The number of amides is 3. The van der Waals surface area contributed by atoms with E-state index >= 15 is 0 Å². The molecular weight excluding hydrogens is 384 g/mol. The van der Waals surface area contributed by atoms with Crippen LogP contribution in [0.3, 0.4) is 0 Å². The second kappa shape index (κ2) is 9.52. The van der Waals surface area contributed by atoms with Gasteiger partial charge in [-0.05, 0) is 57.2 Å². The molecule has 1 N–H and O–H groups in total. The first kappa shape index (κ1) is 21.5. The molecule has 0 spiro atoms. The highest BCUT2D eigenvalue weighted by Crippen LogP contribution is 2.24. The minimum absolute atomic E-state index is 0.0975. The fourth-order valence-electron chi connectivity index (χ4n) is 3.62. The SMILES string of the molecule is C=CCN1C(=O)c2ccc(C(=O)O[C@@H](C)C(=O)NCCC3=CCCCC3)cc2C1=O. The summed E-state index contributed by atoms with van der Waals surface area (Å²) in [6, 6.07) is 4.18. The van der Waals surface area contributed by atoms with Crippen molar-refractivity contribution in [2.24, 2.45) is 0 Å². The number of hydrogen-bond donors (Lipinski definition) is 1.